The Labute approximate surface area is 207 Å². The van der Waals surface area contributed by atoms with Crippen LogP contribution in [0.4, 0.5) is 0 Å². The Morgan fingerprint density at radius 2 is 1.94 bits per heavy atom. The zero-order valence-corrected chi connectivity index (χ0v) is 21.7. The molecule has 0 radical (unpaired) electrons. The maximum atomic E-state index is 5.81. The molecule has 1 fully saturated rings. The number of rotatable bonds is 10. The van der Waals surface area contributed by atoms with Crippen molar-refractivity contribution in [2.24, 2.45) is 10.9 Å². The van der Waals surface area contributed by atoms with Crippen molar-refractivity contribution in [2.75, 3.05) is 46.6 Å². The molecule has 0 bridgehead atoms. The lowest BCUT2D eigenvalue weighted by molar-refractivity contribution is 0.0203. The molecule has 1 aliphatic rings. The largest absolute Gasteiger partial charge is 0.381 e. The summed E-state index contributed by atoms with van der Waals surface area (Å²) in [5.74, 6) is 1.49. The Hall–Kier alpha value is -1.23. The molecule has 1 aromatic heterocycles. The zero-order chi connectivity index (χ0) is 21.0. The van der Waals surface area contributed by atoms with E-state index < -0.39 is 0 Å². The van der Waals surface area contributed by atoms with Crippen molar-refractivity contribution in [3.05, 3.63) is 40.9 Å². The SMILES string of the molecule is CN=C(NCCCOCC1CCOCC1)NCCc1csc(-c2ccc(C)cc2)n1.I. The van der Waals surface area contributed by atoms with E-state index in [9.17, 15) is 0 Å². The molecule has 0 aliphatic carbocycles. The summed E-state index contributed by atoms with van der Waals surface area (Å²) < 4.78 is 11.2. The Balaban J connectivity index is 0.00000341. The van der Waals surface area contributed by atoms with E-state index in [1.807, 2.05) is 0 Å². The van der Waals surface area contributed by atoms with Crippen molar-refractivity contribution in [3.8, 4) is 10.6 Å². The summed E-state index contributed by atoms with van der Waals surface area (Å²) in [6.45, 7) is 7.15. The molecule has 2 N–H and O–H groups in total. The number of aryl methyl sites for hydroxylation is 1. The third kappa shape index (κ3) is 9.43. The Bertz CT molecular complexity index is 776. The molecule has 0 unspecified atom stereocenters. The van der Waals surface area contributed by atoms with Crippen molar-refractivity contribution >= 4 is 41.3 Å². The molecule has 0 spiro atoms. The molecule has 2 aromatic rings. The van der Waals surface area contributed by atoms with Crippen molar-refractivity contribution < 1.29 is 9.47 Å². The molecule has 0 atom stereocenters. The van der Waals surface area contributed by atoms with Crippen molar-refractivity contribution in [1.29, 1.82) is 0 Å². The number of benzene rings is 1. The molecule has 31 heavy (non-hydrogen) atoms. The highest BCUT2D eigenvalue weighted by Crippen LogP contribution is 2.24. The van der Waals surface area contributed by atoms with E-state index in [1.54, 1.807) is 18.4 Å². The van der Waals surface area contributed by atoms with Gasteiger partial charge in [0.1, 0.15) is 5.01 Å². The summed E-state index contributed by atoms with van der Waals surface area (Å²) in [5.41, 5.74) is 3.56. The van der Waals surface area contributed by atoms with Crippen LogP contribution in [0, 0.1) is 12.8 Å². The van der Waals surface area contributed by atoms with E-state index in [0.29, 0.717) is 5.92 Å². The zero-order valence-electron chi connectivity index (χ0n) is 18.6. The highest BCUT2D eigenvalue weighted by molar-refractivity contribution is 14.0. The van der Waals surface area contributed by atoms with Crippen LogP contribution in [0.15, 0.2) is 34.6 Å². The van der Waals surface area contributed by atoms with Crippen LogP contribution in [0.5, 0.6) is 0 Å². The summed E-state index contributed by atoms with van der Waals surface area (Å²) in [4.78, 5) is 9.05. The average molecular weight is 559 g/mol. The number of guanidine groups is 1. The average Bonchev–Trinajstić information content (AvgIpc) is 3.25. The van der Waals surface area contributed by atoms with Crippen molar-refractivity contribution in [3.63, 3.8) is 0 Å². The molecule has 2 heterocycles. The second-order valence-corrected chi connectivity index (χ2v) is 8.53. The molecule has 8 heteroatoms. The van der Waals surface area contributed by atoms with Gasteiger partial charge in [0.15, 0.2) is 5.96 Å². The number of nitrogens with one attached hydrogen (secondary N) is 2. The van der Waals surface area contributed by atoms with Crippen LogP contribution < -0.4 is 10.6 Å². The lowest BCUT2D eigenvalue weighted by Gasteiger charge is -2.21. The first-order chi connectivity index (χ1) is 14.7. The minimum absolute atomic E-state index is 0. The van der Waals surface area contributed by atoms with Gasteiger partial charge in [-0.05, 0) is 32.1 Å². The summed E-state index contributed by atoms with van der Waals surface area (Å²) in [7, 11) is 1.80. The maximum Gasteiger partial charge on any atom is 0.190 e. The fraction of sp³-hybridized carbons (Fsp3) is 0.565. The van der Waals surface area contributed by atoms with Gasteiger partial charge in [0.05, 0.1) is 5.69 Å². The van der Waals surface area contributed by atoms with E-state index >= 15 is 0 Å². The van der Waals surface area contributed by atoms with Crippen LogP contribution in [0.1, 0.15) is 30.5 Å². The molecular formula is C23H35IN4O2S. The minimum atomic E-state index is 0. The first-order valence-electron chi connectivity index (χ1n) is 10.9. The van der Waals surface area contributed by atoms with Gasteiger partial charge < -0.3 is 20.1 Å². The lowest BCUT2D eigenvalue weighted by Crippen LogP contribution is -2.39. The highest BCUT2D eigenvalue weighted by atomic mass is 127. The van der Waals surface area contributed by atoms with Crippen LogP contribution in [0.25, 0.3) is 10.6 Å². The number of nitrogens with zero attached hydrogens (tertiary/aromatic N) is 2. The van der Waals surface area contributed by atoms with Gasteiger partial charge in [-0.2, -0.15) is 0 Å². The number of ether oxygens (including phenoxy) is 2. The van der Waals surface area contributed by atoms with Gasteiger partial charge >= 0.3 is 0 Å². The van der Waals surface area contributed by atoms with Crippen LogP contribution in [-0.4, -0.2) is 57.5 Å². The Kier molecular flexibility index (Phi) is 12.4. The quantitative estimate of drug-likeness (QED) is 0.197. The van der Waals surface area contributed by atoms with E-state index in [-0.39, 0.29) is 24.0 Å². The molecule has 1 aromatic carbocycles. The fourth-order valence-corrected chi connectivity index (χ4v) is 4.18. The van der Waals surface area contributed by atoms with Gasteiger partial charge in [0.25, 0.3) is 0 Å². The standard InChI is InChI=1S/C23H34N4O2S.HI/c1-18-4-6-20(7-5-18)22-27-21(17-30-22)8-12-26-23(24-2)25-11-3-13-29-16-19-9-14-28-15-10-19;/h4-7,17,19H,3,8-16H2,1-2H3,(H2,24,25,26);1H. The lowest BCUT2D eigenvalue weighted by atomic mass is 10.0. The van der Waals surface area contributed by atoms with Crippen LogP contribution >= 0.6 is 35.3 Å². The number of thiazole rings is 1. The van der Waals surface area contributed by atoms with E-state index in [0.717, 1.165) is 81.9 Å². The minimum Gasteiger partial charge on any atom is -0.381 e. The van der Waals surface area contributed by atoms with Crippen molar-refractivity contribution in [1.82, 2.24) is 15.6 Å². The predicted octanol–water partition coefficient (Wildman–Crippen LogP) is 4.28. The molecule has 0 amide bonds. The molecule has 6 nitrogen and oxygen atoms in total. The first kappa shape index (κ1) is 26.0. The third-order valence-electron chi connectivity index (χ3n) is 5.20. The van der Waals surface area contributed by atoms with Gasteiger partial charge in [0, 0.05) is 63.9 Å². The second-order valence-electron chi connectivity index (χ2n) is 7.67. The molecule has 1 aliphatic heterocycles. The summed E-state index contributed by atoms with van der Waals surface area (Å²) in [5, 5.41) is 9.94. The molecule has 1 saturated heterocycles. The fourth-order valence-electron chi connectivity index (χ4n) is 3.32. The summed E-state index contributed by atoms with van der Waals surface area (Å²) in [6.07, 6.45) is 4.09. The van der Waals surface area contributed by atoms with Gasteiger partial charge in [-0.1, -0.05) is 29.8 Å². The molecule has 3 rings (SSSR count). The Morgan fingerprint density at radius 1 is 1.19 bits per heavy atom. The van der Waals surface area contributed by atoms with Crippen LogP contribution in [-0.2, 0) is 15.9 Å². The monoisotopic (exact) mass is 558 g/mol. The Morgan fingerprint density at radius 3 is 2.68 bits per heavy atom. The number of aromatic nitrogens is 1. The number of aliphatic imine (C=N–C) groups is 1. The van der Waals surface area contributed by atoms with Gasteiger partial charge in [-0.3, -0.25) is 4.99 Å². The molecule has 0 saturated carbocycles. The number of hydrogen-bond acceptors (Lipinski definition) is 5. The number of hydrogen-bond donors (Lipinski definition) is 2. The smallest absolute Gasteiger partial charge is 0.190 e. The first-order valence-corrected chi connectivity index (χ1v) is 11.7. The number of halogens is 1. The van der Waals surface area contributed by atoms with Gasteiger partial charge in [0.2, 0.25) is 0 Å². The third-order valence-corrected chi connectivity index (χ3v) is 6.14. The van der Waals surface area contributed by atoms with Crippen LogP contribution in [0.3, 0.4) is 0 Å². The summed E-state index contributed by atoms with van der Waals surface area (Å²) in [6, 6.07) is 8.53. The molecular weight excluding hydrogens is 523 g/mol. The van der Waals surface area contributed by atoms with Crippen molar-refractivity contribution in [2.45, 2.75) is 32.6 Å². The maximum absolute atomic E-state index is 5.81. The van der Waals surface area contributed by atoms with Crippen LogP contribution in [0.2, 0.25) is 0 Å². The van der Waals surface area contributed by atoms with E-state index in [4.69, 9.17) is 14.5 Å². The summed E-state index contributed by atoms with van der Waals surface area (Å²) >= 11 is 1.70. The predicted molar refractivity (Wildman–Crippen MR) is 140 cm³/mol. The van der Waals surface area contributed by atoms with E-state index in [2.05, 4.69) is 52.2 Å². The highest BCUT2D eigenvalue weighted by Gasteiger charge is 2.13. The van der Waals surface area contributed by atoms with Gasteiger partial charge in [-0.15, -0.1) is 35.3 Å². The second kappa shape index (κ2) is 14.8. The molecule has 172 valence electrons. The van der Waals surface area contributed by atoms with E-state index in [1.165, 1.54) is 11.1 Å². The topological polar surface area (TPSA) is 67.8 Å². The normalized spacial score (nSPS) is 14.8. The van der Waals surface area contributed by atoms with Gasteiger partial charge in [-0.25, -0.2) is 4.98 Å².